The predicted molar refractivity (Wildman–Crippen MR) is 249 cm³/mol. The Balaban J connectivity index is 0.000000157. The number of aromatic nitrogens is 3. The summed E-state index contributed by atoms with van der Waals surface area (Å²) in [5.41, 5.74) is 3.63. The minimum atomic E-state index is -1.51. The fourth-order valence-corrected chi connectivity index (χ4v) is 7.46. The number of nitrogens with zero attached hydrogens (tertiary/aromatic N) is 6. The zero-order chi connectivity index (χ0) is 50.4. The largest absolute Gasteiger partial charge is 0.325 e. The number of hydrazine groups is 1. The predicted octanol–water partition coefficient (Wildman–Crippen LogP) is 5.22. The van der Waals surface area contributed by atoms with E-state index in [1.54, 1.807) is 24.4 Å². The van der Waals surface area contributed by atoms with Crippen molar-refractivity contribution in [3.05, 3.63) is 176 Å². The summed E-state index contributed by atoms with van der Waals surface area (Å²) in [6, 6.07) is 21.6. The summed E-state index contributed by atoms with van der Waals surface area (Å²) in [6.45, 7) is 3.90. The van der Waals surface area contributed by atoms with E-state index < -0.39 is 67.7 Å². The Labute approximate surface area is 395 Å². The maximum atomic E-state index is 12.3. The highest BCUT2D eigenvalue weighted by atomic mass is 16.6. The van der Waals surface area contributed by atoms with Crippen molar-refractivity contribution in [1.29, 1.82) is 0 Å². The molecule has 0 spiro atoms. The first-order chi connectivity index (χ1) is 33.4. The van der Waals surface area contributed by atoms with Crippen molar-refractivity contribution in [2.45, 2.75) is 38.5 Å². The maximum Gasteiger partial charge on any atom is 0.293 e. The minimum absolute atomic E-state index is 0.0740. The van der Waals surface area contributed by atoms with Gasteiger partial charge in [-0.25, -0.2) is 5.01 Å². The number of para-hydroxylation sites is 1. The Hall–Kier alpha value is -9.93. The third kappa shape index (κ3) is 9.78. The number of nitro groups is 2. The highest BCUT2D eigenvalue weighted by Gasteiger charge is 2.48. The molecule has 70 heavy (non-hydrogen) atoms. The van der Waals surface area contributed by atoms with Gasteiger partial charge in [-0.05, 0) is 80.9 Å². The van der Waals surface area contributed by atoms with Crippen LogP contribution in [0.5, 0.6) is 0 Å². The van der Waals surface area contributed by atoms with Crippen LogP contribution in [0.25, 0.3) is 0 Å². The molecule has 3 aliphatic rings. The molecule has 23 nitrogen and oxygen atoms in total. The van der Waals surface area contributed by atoms with E-state index in [0.717, 1.165) is 23.4 Å². The number of Topliss-reactive ketones (excluding diaryl/α,β-unsaturated/α-hetero) is 2. The number of amides is 6. The molecule has 0 saturated heterocycles. The Bertz CT molecular complexity index is 3170. The number of pyridine rings is 3. The van der Waals surface area contributed by atoms with Crippen LogP contribution < -0.4 is 31.7 Å². The van der Waals surface area contributed by atoms with Gasteiger partial charge in [0.1, 0.15) is 34.3 Å². The van der Waals surface area contributed by atoms with Crippen LogP contribution in [0.4, 0.5) is 39.8 Å². The van der Waals surface area contributed by atoms with E-state index in [-0.39, 0.29) is 56.8 Å². The maximum absolute atomic E-state index is 12.3. The van der Waals surface area contributed by atoms with Crippen molar-refractivity contribution in [1.82, 2.24) is 20.4 Å². The smallest absolute Gasteiger partial charge is 0.293 e. The summed E-state index contributed by atoms with van der Waals surface area (Å²) in [5.74, 6) is -4.68. The van der Waals surface area contributed by atoms with Gasteiger partial charge in [0.2, 0.25) is 17.7 Å². The van der Waals surface area contributed by atoms with Crippen LogP contribution in [0, 0.1) is 20.2 Å². The number of rotatable bonds is 10. The van der Waals surface area contributed by atoms with Crippen LogP contribution in [-0.4, -0.2) is 71.8 Å². The lowest BCUT2D eigenvalue weighted by atomic mass is 9.80. The van der Waals surface area contributed by atoms with Gasteiger partial charge in [-0.1, -0.05) is 18.2 Å². The van der Waals surface area contributed by atoms with Crippen LogP contribution in [0.3, 0.4) is 0 Å². The first-order valence-electron chi connectivity index (χ1n) is 20.7. The lowest BCUT2D eigenvalue weighted by Crippen LogP contribution is -2.44. The Kier molecular flexibility index (Phi) is 13.6. The van der Waals surface area contributed by atoms with Crippen LogP contribution in [0.15, 0.2) is 122 Å². The van der Waals surface area contributed by atoms with Crippen molar-refractivity contribution in [2.24, 2.45) is 0 Å². The number of nitro benzene ring substituents is 2. The van der Waals surface area contributed by atoms with E-state index >= 15 is 0 Å². The van der Waals surface area contributed by atoms with E-state index in [0.29, 0.717) is 12.0 Å². The lowest BCUT2D eigenvalue weighted by molar-refractivity contribution is -0.384. The van der Waals surface area contributed by atoms with Gasteiger partial charge in [0.25, 0.3) is 29.1 Å². The van der Waals surface area contributed by atoms with Crippen LogP contribution in [0.2, 0.25) is 0 Å². The number of hydrogen-bond donors (Lipinski definition) is 5. The van der Waals surface area contributed by atoms with Crippen LogP contribution >= 0.6 is 0 Å². The molecular weight excluding hydrogens is 911 g/mol. The molecule has 2 atom stereocenters. The monoisotopic (exact) mass is 947 g/mol. The first kappa shape index (κ1) is 48.0. The number of anilines is 5. The summed E-state index contributed by atoms with van der Waals surface area (Å²) >= 11 is 0. The number of carbonyl (C=O) groups excluding carboxylic acids is 8. The van der Waals surface area contributed by atoms with Gasteiger partial charge in [-0.3, -0.25) is 79.0 Å². The molecule has 5 N–H and O–H groups in total. The van der Waals surface area contributed by atoms with Gasteiger partial charge in [0.05, 0.1) is 33.1 Å². The number of carbonyl (C=O) groups is 8. The fraction of sp³-hybridized carbons (Fsp3) is 0.128. The summed E-state index contributed by atoms with van der Waals surface area (Å²) in [5, 5.41) is 34.1. The second-order valence-electron chi connectivity index (χ2n) is 15.7. The number of nitrogens with one attached hydrogen (secondary N) is 5. The minimum Gasteiger partial charge on any atom is -0.325 e. The third-order valence-corrected chi connectivity index (χ3v) is 11.2. The fourth-order valence-electron chi connectivity index (χ4n) is 7.46. The summed E-state index contributed by atoms with van der Waals surface area (Å²) in [6.07, 6.45) is 9.02. The molecule has 3 aliphatic heterocycles. The van der Waals surface area contributed by atoms with Crippen molar-refractivity contribution in [2.75, 3.05) is 26.3 Å². The Morgan fingerprint density at radius 2 is 1.26 bits per heavy atom. The summed E-state index contributed by atoms with van der Waals surface area (Å²) < 4.78 is 0. The number of benzene rings is 3. The molecule has 23 heteroatoms. The molecule has 0 radical (unpaired) electrons. The molecule has 0 bridgehead atoms. The average molecular weight is 948 g/mol. The van der Waals surface area contributed by atoms with Crippen molar-refractivity contribution in [3.8, 4) is 0 Å². The molecule has 6 heterocycles. The second kappa shape index (κ2) is 19.9. The molecule has 0 saturated carbocycles. The van der Waals surface area contributed by atoms with Crippen molar-refractivity contribution < 1.29 is 48.2 Å². The average Bonchev–Trinajstić information content (AvgIpc) is 3.94. The van der Waals surface area contributed by atoms with E-state index in [1.165, 1.54) is 87.1 Å². The van der Waals surface area contributed by atoms with Gasteiger partial charge in [-0.2, -0.15) is 0 Å². The Morgan fingerprint density at radius 1 is 0.686 bits per heavy atom. The lowest BCUT2D eigenvalue weighted by Gasteiger charge is -2.18. The number of fused-ring (bicyclic) bond motifs is 3. The zero-order valence-electron chi connectivity index (χ0n) is 36.9. The standard InChI is InChI=1S/C17H14N4O5.C16H12N4O5.C14H11N3O2/c1-9(22)17(2)11-6-14(21(25)26)13(7-12(11)20-16(17)24)19-15(23)10-4-3-5-18-8-10;1-8(21)14-10-6-13(20(24)25)12(7-11(10)18-16(14)23)19-15(22)9-2-4-17-5-3-9;18-13-8-10-4-1-2-6-12(10)17(13)16-14(19)11-5-3-7-15-9-11/h3-8H,1-2H3,(H,19,23)(H,20,24);2-7,14H,1H3,(H,18,23)(H,19,22);1-7,9H,8H2,(H,16,19). The second-order valence-corrected chi connectivity index (χ2v) is 15.7. The topological polar surface area (TPSA) is 325 Å². The SMILES string of the molecule is CC(=O)C1(C)C(=O)Nc2cc(NC(=O)c3cccnc3)c([N+](=O)[O-])cc21.CC(=O)C1C(=O)Nc2cc(NC(=O)c3ccncc3)c([N+](=O)[O-])cc21.O=C(NN1C(=O)Cc2ccccc21)c1cccnc1. The van der Waals surface area contributed by atoms with E-state index in [1.807, 2.05) is 24.3 Å². The van der Waals surface area contributed by atoms with Gasteiger partial charge in [0.15, 0.2) is 0 Å². The van der Waals surface area contributed by atoms with E-state index in [9.17, 15) is 58.6 Å². The van der Waals surface area contributed by atoms with Crippen LogP contribution in [-0.2, 0) is 35.8 Å². The molecule has 2 unspecified atom stereocenters. The molecule has 9 rings (SSSR count). The van der Waals surface area contributed by atoms with E-state index in [4.69, 9.17) is 0 Å². The molecule has 6 aromatic rings. The van der Waals surface area contributed by atoms with Gasteiger partial charge >= 0.3 is 0 Å². The summed E-state index contributed by atoms with van der Waals surface area (Å²) in [7, 11) is 0. The molecule has 0 fully saturated rings. The van der Waals surface area contributed by atoms with E-state index in [2.05, 4.69) is 41.6 Å². The normalized spacial score (nSPS) is 15.7. The van der Waals surface area contributed by atoms with Crippen molar-refractivity contribution >= 4 is 86.8 Å². The number of ketones is 2. The first-order valence-corrected chi connectivity index (χ1v) is 20.7. The Morgan fingerprint density at radius 3 is 1.83 bits per heavy atom. The molecular formula is C47H37N11O12. The van der Waals surface area contributed by atoms with Gasteiger partial charge < -0.3 is 21.3 Å². The van der Waals surface area contributed by atoms with Gasteiger partial charge in [-0.15, -0.1) is 0 Å². The highest BCUT2D eigenvalue weighted by Crippen LogP contribution is 2.44. The number of hydrogen-bond acceptors (Lipinski definition) is 15. The molecule has 352 valence electrons. The van der Waals surface area contributed by atoms with Crippen LogP contribution in [0.1, 0.15) is 74.5 Å². The third-order valence-electron chi connectivity index (χ3n) is 11.2. The molecule has 0 aliphatic carbocycles. The molecule has 6 amide bonds. The zero-order valence-corrected chi connectivity index (χ0v) is 36.9. The highest BCUT2D eigenvalue weighted by molar-refractivity contribution is 6.21. The molecule has 3 aromatic heterocycles. The van der Waals surface area contributed by atoms with Crippen molar-refractivity contribution in [3.63, 3.8) is 0 Å². The molecule has 3 aromatic carbocycles. The van der Waals surface area contributed by atoms with Gasteiger partial charge in [0, 0.05) is 77.4 Å². The summed E-state index contributed by atoms with van der Waals surface area (Å²) in [4.78, 5) is 129. The quantitative estimate of drug-likeness (QED) is 0.0667.